The van der Waals surface area contributed by atoms with Crippen molar-refractivity contribution in [2.24, 2.45) is 11.1 Å². The van der Waals surface area contributed by atoms with Gasteiger partial charge in [0.25, 0.3) is 0 Å². The summed E-state index contributed by atoms with van der Waals surface area (Å²) in [5.41, 5.74) is 8.98. The van der Waals surface area contributed by atoms with E-state index in [4.69, 9.17) is 5.73 Å². The van der Waals surface area contributed by atoms with Crippen LogP contribution >= 0.6 is 11.3 Å². The Hall–Kier alpha value is -0.450. The van der Waals surface area contributed by atoms with Gasteiger partial charge in [-0.05, 0) is 18.5 Å². The molecule has 1 heterocycles. The molecule has 0 aromatic carbocycles. The van der Waals surface area contributed by atoms with Gasteiger partial charge in [0.1, 0.15) is 0 Å². The molecule has 3 nitrogen and oxygen atoms in total. The lowest BCUT2D eigenvalue weighted by Gasteiger charge is -2.30. The lowest BCUT2D eigenvalue weighted by Crippen LogP contribution is -2.38. The van der Waals surface area contributed by atoms with E-state index in [0.717, 1.165) is 31.9 Å². The molecule has 86 valence electrons. The number of rotatable bonds is 6. The van der Waals surface area contributed by atoms with E-state index in [0.29, 0.717) is 0 Å². The maximum Gasteiger partial charge on any atom is 0.0795 e. The van der Waals surface area contributed by atoms with E-state index in [-0.39, 0.29) is 5.41 Å². The Morgan fingerprint density at radius 1 is 1.53 bits per heavy atom. The first kappa shape index (κ1) is 12.6. The third-order valence-corrected chi connectivity index (χ3v) is 3.16. The second-order valence-electron chi connectivity index (χ2n) is 4.65. The number of thiazole rings is 1. The predicted molar refractivity (Wildman–Crippen MR) is 65.9 cm³/mol. The average Bonchev–Trinajstić information content (AvgIpc) is 2.69. The van der Waals surface area contributed by atoms with Gasteiger partial charge in [0.05, 0.1) is 11.2 Å². The van der Waals surface area contributed by atoms with Crippen molar-refractivity contribution in [3.8, 4) is 0 Å². The molecular weight excluding hydrogens is 206 g/mol. The molecule has 0 aliphatic heterocycles. The molecule has 0 spiro atoms. The largest absolute Gasteiger partial charge is 0.330 e. The second-order valence-corrected chi connectivity index (χ2v) is 5.37. The molecule has 0 atom stereocenters. The van der Waals surface area contributed by atoms with Crippen LogP contribution in [0.15, 0.2) is 10.9 Å². The molecule has 1 rings (SSSR count). The highest BCUT2D eigenvalue weighted by Crippen LogP contribution is 2.16. The smallest absolute Gasteiger partial charge is 0.0795 e. The first-order chi connectivity index (χ1) is 7.07. The van der Waals surface area contributed by atoms with Gasteiger partial charge in [-0.1, -0.05) is 20.8 Å². The van der Waals surface area contributed by atoms with Crippen LogP contribution in [0.5, 0.6) is 0 Å². The Morgan fingerprint density at radius 3 is 2.73 bits per heavy atom. The lowest BCUT2D eigenvalue weighted by molar-refractivity contribution is 0.182. The van der Waals surface area contributed by atoms with Gasteiger partial charge >= 0.3 is 0 Å². The molecular formula is C11H21N3S. The van der Waals surface area contributed by atoms with Crippen molar-refractivity contribution in [1.82, 2.24) is 9.88 Å². The zero-order valence-corrected chi connectivity index (χ0v) is 10.7. The molecule has 0 saturated carbocycles. The summed E-state index contributed by atoms with van der Waals surface area (Å²) < 4.78 is 0. The van der Waals surface area contributed by atoms with Gasteiger partial charge in [-0.15, -0.1) is 11.3 Å². The van der Waals surface area contributed by atoms with Gasteiger partial charge in [0.15, 0.2) is 0 Å². The number of nitrogens with two attached hydrogens (primary N) is 1. The first-order valence-corrected chi connectivity index (χ1v) is 6.31. The van der Waals surface area contributed by atoms with Gasteiger partial charge in [0, 0.05) is 18.5 Å². The molecule has 1 aromatic rings. The lowest BCUT2D eigenvalue weighted by atomic mass is 9.93. The van der Waals surface area contributed by atoms with Crippen LogP contribution < -0.4 is 5.73 Å². The van der Waals surface area contributed by atoms with E-state index in [1.54, 1.807) is 11.3 Å². The molecule has 15 heavy (non-hydrogen) atoms. The van der Waals surface area contributed by atoms with Crippen LogP contribution in [0.1, 0.15) is 26.5 Å². The summed E-state index contributed by atoms with van der Waals surface area (Å²) >= 11 is 1.65. The summed E-state index contributed by atoms with van der Waals surface area (Å²) in [5.74, 6) is 0. The number of hydrogen-bond donors (Lipinski definition) is 1. The number of aromatic nitrogens is 1. The van der Waals surface area contributed by atoms with Crippen LogP contribution in [-0.2, 0) is 6.54 Å². The van der Waals surface area contributed by atoms with Gasteiger partial charge in [-0.25, -0.2) is 4.98 Å². The van der Waals surface area contributed by atoms with Crippen molar-refractivity contribution in [3.63, 3.8) is 0 Å². The summed E-state index contributed by atoms with van der Waals surface area (Å²) in [6, 6.07) is 0. The standard InChI is InChI=1S/C11H21N3S/c1-4-14(8-11(2,3)7-12)5-10-6-15-9-13-10/h6,9H,4-5,7-8,12H2,1-3H3. The van der Waals surface area contributed by atoms with Crippen LogP contribution in [0.3, 0.4) is 0 Å². The molecule has 0 fully saturated rings. The summed E-state index contributed by atoms with van der Waals surface area (Å²) in [6.07, 6.45) is 0. The highest BCUT2D eigenvalue weighted by Gasteiger charge is 2.19. The van der Waals surface area contributed by atoms with E-state index in [9.17, 15) is 0 Å². The van der Waals surface area contributed by atoms with E-state index in [1.807, 2.05) is 5.51 Å². The Morgan fingerprint density at radius 2 is 2.27 bits per heavy atom. The molecule has 0 saturated heterocycles. The number of hydrogen-bond acceptors (Lipinski definition) is 4. The maximum absolute atomic E-state index is 5.74. The SMILES string of the molecule is CCN(Cc1cscn1)CC(C)(C)CN. The topological polar surface area (TPSA) is 42.2 Å². The van der Waals surface area contributed by atoms with E-state index >= 15 is 0 Å². The third kappa shape index (κ3) is 4.28. The Balaban J connectivity index is 2.50. The molecule has 0 unspecified atom stereocenters. The van der Waals surface area contributed by atoms with Gasteiger partial charge in [0.2, 0.25) is 0 Å². The monoisotopic (exact) mass is 227 g/mol. The minimum atomic E-state index is 0.187. The molecule has 4 heteroatoms. The fourth-order valence-electron chi connectivity index (χ4n) is 1.49. The molecule has 0 aliphatic rings. The van der Waals surface area contributed by atoms with Gasteiger partial charge in [-0.2, -0.15) is 0 Å². The minimum absolute atomic E-state index is 0.187. The van der Waals surface area contributed by atoms with Gasteiger partial charge in [-0.3, -0.25) is 4.90 Å². The zero-order valence-electron chi connectivity index (χ0n) is 9.86. The number of nitrogens with zero attached hydrogens (tertiary/aromatic N) is 2. The zero-order chi connectivity index (χ0) is 11.3. The fourth-order valence-corrected chi connectivity index (χ4v) is 2.04. The molecule has 0 radical (unpaired) electrons. The maximum atomic E-state index is 5.74. The Bertz CT molecular complexity index is 269. The van der Waals surface area contributed by atoms with Crippen molar-refractivity contribution in [3.05, 3.63) is 16.6 Å². The summed E-state index contributed by atoms with van der Waals surface area (Å²) in [7, 11) is 0. The fraction of sp³-hybridized carbons (Fsp3) is 0.727. The normalized spacial score (nSPS) is 12.3. The molecule has 0 bridgehead atoms. The minimum Gasteiger partial charge on any atom is -0.330 e. The molecule has 2 N–H and O–H groups in total. The summed E-state index contributed by atoms with van der Waals surface area (Å²) in [5, 5.41) is 2.11. The van der Waals surface area contributed by atoms with Crippen molar-refractivity contribution < 1.29 is 0 Å². The average molecular weight is 227 g/mol. The highest BCUT2D eigenvalue weighted by molar-refractivity contribution is 7.07. The van der Waals surface area contributed by atoms with Crippen LogP contribution in [-0.4, -0.2) is 29.5 Å². The Kier molecular flexibility index (Phi) is 4.70. The molecule has 0 amide bonds. The van der Waals surface area contributed by atoms with Crippen molar-refractivity contribution >= 4 is 11.3 Å². The van der Waals surface area contributed by atoms with Gasteiger partial charge < -0.3 is 5.73 Å². The van der Waals surface area contributed by atoms with E-state index in [1.165, 1.54) is 0 Å². The van der Waals surface area contributed by atoms with Crippen LogP contribution in [0.4, 0.5) is 0 Å². The second kappa shape index (κ2) is 5.58. The molecule has 0 aliphatic carbocycles. The van der Waals surface area contributed by atoms with Crippen LogP contribution in [0, 0.1) is 5.41 Å². The highest BCUT2D eigenvalue weighted by atomic mass is 32.1. The van der Waals surface area contributed by atoms with Crippen molar-refractivity contribution in [1.29, 1.82) is 0 Å². The summed E-state index contributed by atoms with van der Waals surface area (Å²) in [6.45, 7) is 10.3. The molecule has 1 aromatic heterocycles. The quantitative estimate of drug-likeness (QED) is 0.807. The van der Waals surface area contributed by atoms with Crippen LogP contribution in [0.25, 0.3) is 0 Å². The van der Waals surface area contributed by atoms with Crippen molar-refractivity contribution in [2.75, 3.05) is 19.6 Å². The summed E-state index contributed by atoms with van der Waals surface area (Å²) in [4.78, 5) is 6.70. The van der Waals surface area contributed by atoms with E-state index < -0.39 is 0 Å². The Labute approximate surface area is 96.3 Å². The first-order valence-electron chi connectivity index (χ1n) is 5.37. The van der Waals surface area contributed by atoms with Crippen molar-refractivity contribution in [2.45, 2.75) is 27.3 Å². The predicted octanol–water partition coefficient (Wildman–Crippen LogP) is 1.95. The van der Waals surface area contributed by atoms with E-state index in [2.05, 4.69) is 36.0 Å². The van der Waals surface area contributed by atoms with Crippen LogP contribution in [0.2, 0.25) is 0 Å². The third-order valence-electron chi connectivity index (χ3n) is 2.52.